The van der Waals surface area contributed by atoms with E-state index in [0.717, 1.165) is 19.4 Å². The van der Waals surface area contributed by atoms with Crippen LogP contribution in [0.25, 0.3) is 0 Å². The Balaban J connectivity index is 1.90. The molecule has 0 spiro atoms. The monoisotopic (exact) mass is 247 g/mol. The molecule has 2 rings (SSSR count). The highest BCUT2D eigenvalue weighted by molar-refractivity contribution is 5.18. The number of nitrogens with one attached hydrogen (secondary N) is 1. The average molecular weight is 247 g/mol. The molecule has 1 fully saturated rings. The number of rotatable bonds is 6. The summed E-state index contributed by atoms with van der Waals surface area (Å²) in [4.78, 5) is 0. The van der Waals surface area contributed by atoms with Crippen molar-refractivity contribution in [1.82, 2.24) is 5.32 Å². The van der Waals surface area contributed by atoms with Gasteiger partial charge in [-0.25, -0.2) is 0 Å². The van der Waals surface area contributed by atoms with Gasteiger partial charge < -0.3 is 10.4 Å². The maximum atomic E-state index is 9.86. The van der Waals surface area contributed by atoms with E-state index in [9.17, 15) is 5.11 Å². The van der Waals surface area contributed by atoms with Crippen molar-refractivity contribution in [3.05, 3.63) is 35.9 Å². The summed E-state index contributed by atoms with van der Waals surface area (Å²) in [6, 6.07) is 11.1. The molecular formula is C16H25NO. The highest BCUT2D eigenvalue weighted by Crippen LogP contribution is 2.26. The molecule has 1 aliphatic carbocycles. The zero-order chi connectivity index (χ0) is 12.8. The van der Waals surface area contributed by atoms with Crippen molar-refractivity contribution in [3.8, 4) is 0 Å². The van der Waals surface area contributed by atoms with Crippen LogP contribution in [-0.4, -0.2) is 17.8 Å². The number of benzene rings is 1. The Labute approximate surface area is 110 Å². The first-order valence-electron chi connectivity index (χ1n) is 7.27. The third-order valence-corrected chi connectivity index (χ3v) is 4.02. The van der Waals surface area contributed by atoms with Crippen LogP contribution in [0.1, 0.15) is 50.6 Å². The van der Waals surface area contributed by atoms with Gasteiger partial charge in [-0.2, -0.15) is 0 Å². The lowest BCUT2D eigenvalue weighted by atomic mass is 10.00. The highest BCUT2D eigenvalue weighted by atomic mass is 16.3. The van der Waals surface area contributed by atoms with Gasteiger partial charge in [-0.3, -0.25) is 0 Å². The van der Waals surface area contributed by atoms with E-state index in [1.54, 1.807) is 0 Å². The molecule has 1 aliphatic rings. The topological polar surface area (TPSA) is 32.3 Å². The van der Waals surface area contributed by atoms with E-state index < -0.39 is 0 Å². The van der Waals surface area contributed by atoms with Gasteiger partial charge in [0.1, 0.15) is 0 Å². The molecule has 100 valence electrons. The number of hydrogen-bond acceptors (Lipinski definition) is 2. The molecule has 1 aromatic rings. The van der Waals surface area contributed by atoms with Crippen LogP contribution in [0.2, 0.25) is 0 Å². The maximum absolute atomic E-state index is 9.86. The van der Waals surface area contributed by atoms with Gasteiger partial charge in [0.2, 0.25) is 0 Å². The number of aliphatic hydroxyl groups is 1. The Morgan fingerprint density at radius 1 is 1.28 bits per heavy atom. The summed E-state index contributed by atoms with van der Waals surface area (Å²) in [5.41, 5.74) is 1.37. The third kappa shape index (κ3) is 3.56. The van der Waals surface area contributed by atoms with E-state index in [1.165, 1.54) is 24.8 Å². The summed E-state index contributed by atoms with van der Waals surface area (Å²) < 4.78 is 0. The van der Waals surface area contributed by atoms with E-state index in [0.29, 0.717) is 12.0 Å². The molecule has 0 saturated heterocycles. The lowest BCUT2D eigenvalue weighted by Gasteiger charge is -2.22. The Morgan fingerprint density at radius 3 is 2.67 bits per heavy atom. The number of aliphatic hydroxyl groups excluding tert-OH is 1. The first-order chi connectivity index (χ1) is 8.81. The van der Waals surface area contributed by atoms with Gasteiger partial charge in [0.05, 0.1) is 6.10 Å². The summed E-state index contributed by atoms with van der Waals surface area (Å²) in [5, 5.41) is 13.5. The van der Waals surface area contributed by atoms with Crippen LogP contribution in [-0.2, 0) is 0 Å². The standard InChI is InChI=1S/C16H25NO/c1-2-7-15(13-8-4-3-5-9-13)17-12-14-10-6-11-16(14)18/h3-5,8-9,14-18H,2,6-7,10-12H2,1H3. The van der Waals surface area contributed by atoms with Crippen LogP contribution in [0.4, 0.5) is 0 Å². The Hall–Kier alpha value is -0.860. The van der Waals surface area contributed by atoms with Gasteiger partial charge in [-0.1, -0.05) is 50.1 Å². The van der Waals surface area contributed by atoms with Crippen molar-refractivity contribution in [2.75, 3.05) is 6.54 Å². The molecule has 0 aliphatic heterocycles. The Bertz CT molecular complexity index is 338. The van der Waals surface area contributed by atoms with E-state index >= 15 is 0 Å². The zero-order valence-corrected chi connectivity index (χ0v) is 11.3. The van der Waals surface area contributed by atoms with Crippen LogP contribution in [0, 0.1) is 5.92 Å². The molecule has 0 radical (unpaired) electrons. The van der Waals surface area contributed by atoms with Gasteiger partial charge in [0, 0.05) is 12.6 Å². The van der Waals surface area contributed by atoms with Crippen molar-refractivity contribution >= 4 is 0 Å². The second kappa shape index (κ2) is 6.91. The van der Waals surface area contributed by atoms with E-state index in [4.69, 9.17) is 0 Å². The second-order valence-corrected chi connectivity index (χ2v) is 5.42. The molecular weight excluding hydrogens is 222 g/mol. The third-order valence-electron chi connectivity index (χ3n) is 4.02. The molecule has 0 aromatic heterocycles. The summed E-state index contributed by atoms with van der Waals surface area (Å²) in [6.45, 7) is 3.17. The van der Waals surface area contributed by atoms with Gasteiger partial charge in [-0.05, 0) is 30.7 Å². The molecule has 2 nitrogen and oxygen atoms in total. The first kappa shape index (κ1) is 13.6. The molecule has 3 atom stereocenters. The molecule has 1 saturated carbocycles. The lowest BCUT2D eigenvalue weighted by molar-refractivity contribution is 0.129. The minimum atomic E-state index is -0.0875. The fourth-order valence-electron chi connectivity index (χ4n) is 2.91. The normalized spacial score (nSPS) is 25.2. The fraction of sp³-hybridized carbons (Fsp3) is 0.625. The van der Waals surface area contributed by atoms with Crippen molar-refractivity contribution in [2.24, 2.45) is 5.92 Å². The zero-order valence-electron chi connectivity index (χ0n) is 11.3. The minimum absolute atomic E-state index is 0.0875. The molecule has 18 heavy (non-hydrogen) atoms. The second-order valence-electron chi connectivity index (χ2n) is 5.42. The maximum Gasteiger partial charge on any atom is 0.0580 e. The SMILES string of the molecule is CCCC(NCC1CCCC1O)c1ccccc1. The minimum Gasteiger partial charge on any atom is -0.393 e. The Morgan fingerprint density at radius 2 is 2.06 bits per heavy atom. The van der Waals surface area contributed by atoms with Crippen molar-refractivity contribution < 1.29 is 5.11 Å². The first-order valence-corrected chi connectivity index (χ1v) is 7.27. The van der Waals surface area contributed by atoms with Crippen LogP contribution in [0.15, 0.2) is 30.3 Å². The molecule has 0 bridgehead atoms. The molecule has 2 heteroatoms. The van der Waals surface area contributed by atoms with Crippen molar-refractivity contribution in [2.45, 2.75) is 51.2 Å². The average Bonchev–Trinajstić information content (AvgIpc) is 2.81. The predicted octanol–water partition coefficient (Wildman–Crippen LogP) is 3.28. The lowest BCUT2D eigenvalue weighted by Crippen LogP contribution is -2.30. The van der Waals surface area contributed by atoms with E-state index in [2.05, 4.69) is 42.6 Å². The summed E-state index contributed by atoms with van der Waals surface area (Å²) >= 11 is 0. The summed E-state index contributed by atoms with van der Waals surface area (Å²) in [7, 11) is 0. The Kier molecular flexibility index (Phi) is 5.21. The van der Waals surface area contributed by atoms with E-state index in [1.807, 2.05) is 0 Å². The van der Waals surface area contributed by atoms with Crippen LogP contribution in [0.3, 0.4) is 0 Å². The predicted molar refractivity (Wildman–Crippen MR) is 75.4 cm³/mol. The smallest absolute Gasteiger partial charge is 0.0580 e. The largest absolute Gasteiger partial charge is 0.393 e. The van der Waals surface area contributed by atoms with Gasteiger partial charge in [0.15, 0.2) is 0 Å². The van der Waals surface area contributed by atoms with Crippen LogP contribution >= 0.6 is 0 Å². The van der Waals surface area contributed by atoms with Gasteiger partial charge in [-0.15, -0.1) is 0 Å². The molecule has 3 unspecified atom stereocenters. The van der Waals surface area contributed by atoms with Crippen molar-refractivity contribution in [3.63, 3.8) is 0 Å². The highest BCUT2D eigenvalue weighted by Gasteiger charge is 2.25. The van der Waals surface area contributed by atoms with Crippen molar-refractivity contribution in [1.29, 1.82) is 0 Å². The molecule has 0 amide bonds. The summed E-state index contributed by atoms with van der Waals surface area (Å²) in [6.07, 6.45) is 5.58. The molecule has 0 heterocycles. The van der Waals surface area contributed by atoms with Crippen LogP contribution in [0.5, 0.6) is 0 Å². The fourth-order valence-corrected chi connectivity index (χ4v) is 2.91. The quantitative estimate of drug-likeness (QED) is 0.808. The van der Waals surface area contributed by atoms with Crippen LogP contribution < -0.4 is 5.32 Å². The van der Waals surface area contributed by atoms with E-state index in [-0.39, 0.29) is 6.10 Å². The molecule has 1 aromatic carbocycles. The number of hydrogen-bond donors (Lipinski definition) is 2. The van der Waals surface area contributed by atoms with Gasteiger partial charge in [0.25, 0.3) is 0 Å². The molecule has 2 N–H and O–H groups in total. The summed E-state index contributed by atoms with van der Waals surface area (Å²) in [5.74, 6) is 0.452. The van der Waals surface area contributed by atoms with Gasteiger partial charge >= 0.3 is 0 Å².